The van der Waals surface area contributed by atoms with Crippen LogP contribution in [0.4, 0.5) is 5.82 Å². The molecule has 0 unspecified atom stereocenters. The molecule has 0 amide bonds. The third-order valence-electron chi connectivity index (χ3n) is 2.43. The Balaban J connectivity index is 2.34. The maximum atomic E-state index is 11.1. The summed E-state index contributed by atoms with van der Waals surface area (Å²) in [5.41, 5.74) is 0. The summed E-state index contributed by atoms with van der Waals surface area (Å²) >= 11 is 0. The van der Waals surface area contributed by atoms with Gasteiger partial charge >= 0.3 is 0 Å². The summed E-state index contributed by atoms with van der Waals surface area (Å²) in [7, 11) is 1.61. The Kier molecular flexibility index (Phi) is 2.84. The number of pyridine rings is 1. The fourth-order valence-corrected chi connectivity index (χ4v) is 2.43. The van der Waals surface area contributed by atoms with Crippen molar-refractivity contribution in [1.82, 2.24) is 4.98 Å². The summed E-state index contributed by atoms with van der Waals surface area (Å²) in [4.78, 5) is 6.31. The number of hydrogen-bond donors (Lipinski definition) is 0. The highest BCUT2D eigenvalue weighted by atomic mass is 35.7. The van der Waals surface area contributed by atoms with Crippen LogP contribution >= 0.6 is 10.7 Å². The van der Waals surface area contributed by atoms with Gasteiger partial charge in [0.25, 0.3) is 9.05 Å². The molecule has 0 aliphatic carbocycles. The van der Waals surface area contributed by atoms with E-state index in [1.54, 1.807) is 0 Å². The number of hydrogen-bond acceptors (Lipinski definition) is 4. The van der Waals surface area contributed by atoms with Crippen LogP contribution in [0.3, 0.4) is 0 Å². The summed E-state index contributed by atoms with van der Waals surface area (Å²) in [6.45, 7) is 1.86. The van der Waals surface area contributed by atoms with Crippen molar-refractivity contribution in [2.75, 3.05) is 18.0 Å². The van der Waals surface area contributed by atoms with Crippen molar-refractivity contribution in [2.24, 2.45) is 0 Å². The van der Waals surface area contributed by atoms with Crippen LogP contribution in [0, 0.1) is 0 Å². The Bertz CT molecular complexity index is 455. The summed E-state index contributed by atoms with van der Waals surface area (Å²) < 4.78 is 22.2. The second kappa shape index (κ2) is 3.98. The molecule has 0 aromatic carbocycles. The molecule has 6 heteroatoms. The lowest BCUT2D eigenvalue weighted by Gasteiger charge is -2.16. The number of anilines is 1. The van der Waals surface area contributed by atoms with Gasteiger partial charge in [-0.1, -0.05) is 0 Å². The van der Waals surface area contributed by atoms with Crippen LogP contribution in [0.2, 0.25) is 0 Å². The van der Waals surface area contributed by atoms with Gasteiger partial charge in [-0.2, -0.15) is 0 Å². The fraction of sp³-hybridized carbons (Fsp3) is 0.444. The molecule has 4 nitrogen and oxygen atoms in total. The second-order valence-corrected chi connectivity index (χ2v) is 6.05. The van der Waals surface area contributed by atoms with E-state index in [0.717, 1.165) is 25.9 Å². The molecular weight excluding hydrogens is 236 g/mol. The van der Waals surface area contributed by atoms with Crippen molar-refractivity contribution in [2.45, 2.75) is 17.7 Å². The first kappa shape index (κ1) is 10.7. The van der Waals surface area contributed by atoms with Crippen LogP contribution in [-0.2, 0) is 9.05 Å². The van der Waals surface area contributed by atoms with E-state index in [0.29, 0.717) is 5.82 Å². The van der Waals surface area contributed by atoms with Crippen molar-refractivity contribution in [3.05, 3.63) is 18.3 Å². The molecule has 2 rings (SSSR count). The molecule has 1 aliphatic rings. The van der Waals surface area contributed by atoms with Crippen LogP contribution in [0.5, 0.6) is 0 Å². The molecule has 82 valence electrons. The smallest absolute Gasteiger partial charge is 0.261 e. The van der Waals surface area contributed by atoms with E-state index in [1.165, 1.54) is 18.3 Å². The predicted molar refractivity (Wildman–Crippen MR) is 58.7 cm³/mol. The molecule has 1 aromatic rings. The van der Waals surface area contributed by atoms with Gasteiger partial charge in [-0.25, -0.2) is 13.4 Å². The standard InChI is InChI=1S/C9H11ClN2O2S/c10-15(13,14)8-3-4-11-9(7-8)12-5-1-2-6-12/h3-4,7H,1-2,5-6H2. The summed E-state index contributed by atoms with van der Waals surface area (Å²) in [5.74, 6) is 0.689. The van der Waals surface area contributed by atoms with Crippen LogP contribution in [0.25, 0.3) is 0 Å². The molecule has 0 atom stereocenters. The lowest BCUT2D eigenvalue weighted by molar-refractivity contribution is 0.609. The number of rotatable bonds is 2. The SMILES string of the molecule is O=S(=O)(Cl)c1ccnc(N2CCCC2)c1. The molecule has 1 saturated heterocycles. The minimum absolute atomic E-state index is 0.112. The molecular formula is C9H11ClN2O2S. The molecule has 15 heavy (non-hydrogen) atoms. The molecule has 0 radical (unpaired) electrons. The zero-order chi connectivity index (χ0) is 10.9. The Morgan fingerprint density at radius 1 is 1.33 bits per heavy atom. The average molecular weight is 247 g/mol. The van der Waals surface area contributed by atoms with Gasteiger partial charge in [0.15, 0.2) is 0 Å². The molecule has 2 heterocycles. The van der Waals surface area contributed by atoms with Gasteiger partial charge in [0.2, 0.25) is 0 Å². The average Bonchev–Trinajstić information content (AvgIpc) is 2.69. The zero-order valence-electron chi connectivity index (χ0n) is 8.06. The third-order valence-corrected chi connectivity index (χ3v) is 3.78. The Labute approximate surface area is 93.3 Å². The van der Waals surface area contributed by atoms with E-state index in [1.807, 2.05) is 0 Å². The molecule has 1 aromatic heterocycles. The first-order valence-electron chi connectivity index (χ1n) is 4.73. The Morgan fingerprint density at radius 2 is 2.00 bits per heavy atom. The summed E-state index contributed by atoms with van der Waals surface area (Å²) in [5, 5.41) is 0. The highest BCUT2D eigenvalue weighted by Crippen LogP contribution is 2.22. The van der Waals surface area contributed by atoms with Crippen molar-refractivity contribution in [3.63, 3.8) is 0 Å². The van der Waals surface area contributed by atoms with E-state index in [4.69, 9.17) is 10.7 Å². The number of nitrogens with zero attached hydrogens (tertiary/aromatic N) is 2. The maximum absolute atomic E-state index is 11.1. The van der Waals surface area contributed by atoms with Crippen LogP contribution in [-0.4, -0.2) is 26.5 Å². The van der Waals surface area contributed by atoms with E-state index in [2.05, 4.69) is 9.88 Å². The lowest BCUT2D eigenvalue weighted by atomic mass is 10.4. The highest BCUT2D eigenvalue weighted by molar-refractivity contribution is 8.13. The largest absolute Gasteiger partial charge is 0.357 e. The van der Waals surface area contributed by atoms with Gasteiger partial charge in [-0.05, 0) is 18.9 Å². The van der Waals surface area contributed by atoms with Crippen molar-refractivity contribution >= 4 is 25.6 Å². The normalized spacial score (nSPS) is 17.0. The predicted octanol–water partition coefficient (Wildman–Crippen LogP) is 1.61. The first-order chi connectivity index (χ1) is 7.07. The highest BCUT2D eigenvalue weighted by Gasteiger charge is 2.16. The quantitative estimate of drug-likeness (QED) is 0.744. The molecule has 1 fully saturated rings. The molecule has 0 saturated carbocycles. The van der Waals surface area contributed by atoms with E-state index >= 15 is 0 Å². The van der Waals surface area contributed by atoms with Gasteiger partial charge in [0.05, 0.1) is 4.90 Å². The van der Waals surface area contributed by atoms with Crippen molar-refractivity contribution < 1.29 is 8.42 Å². The Morgan fingerprint density at radius 3 is 2.60 bits per heavy atom. The number of aromatic nitrogens is 1. The topological polar surface area (TPSA) is 50.3 Å². The third kappa shape index (κ3) is 2.41. The first-order valence-corrected chi connectivity index (χ1v) is 7.04. The van der Waals surface area contributed by atoms with Crippen LogP contribution in [0.15, 0.2) is 23.2 Å². The Hall–Kier alpha value is -0.810. The number of halogens is 1. The molecule has 0 spiro atoms. The second-order valence-electron chi connectivity index (χ2n) is 3.48. The van der Waals surface area contributed by atoms with E-state index < -0.39 is 9.05 Å². The van der Waals surface area contributed by atoms with Crippen molar-refractivity contribution in [3.8, 4) is 0 Å². The maximum Gasteiger partial charge on any atom is 0.261 e. The van der Waals surface area contributed by atoms with Gasteiger partial charge in [-0.3, -0.25) is 0 Å². The van der Waals surface area contributed by atoms with E-state index in [-0.39, 0.29) is 4.90 Å². The lowest BCUT2D eigenvalue weighted by Crippen LogP contribution is -2.19. The minimum atomic E-state index is -3.65. The fourth-order valence-electron chi connectivity index (χ4n) is 1.67. The van der Waals surface area contributed by atoms with Gasteiger partial charge in [-0.15, -0.1) is 0 Å². The van der Waals surface area contributed by atoms with E-state index in [9.17, 15) is 8.42 Å². The summed E-state index contributed by atoms with van der Waals surface area (Å²) in [6, 6.07) is 2.93. The van der Waals surface area contributed by atoms with Crippen LogP contribution in [0.1, 0.15) is 12.8 Å². The monoisotopic (exact) mass is 246 g/mol. The zero-order valence-corrected chi connectivity index (χ0v) is 9.63. The molecule has 1 aliphatic heterocycles. The van der Waals surface area contributed by atoms with Gasteiger partial charge < -0.3 is 4.90 Å². The van der Waals surface area contributed by atoms with Crippen LogP contribution < -0.4 is 4.90 Å². The minimum Gasteiger partial charge on any atom is -0.357 e. The van der Waals surface area contributed by atoms with Gasteiger partial charge in [0, 0.05) is 36.0 Å². The molecule has 0 bridgehead atoms. The summed E-state index contributed by atoms with van der Waals surface area (Å²) in [6.07, 6.45) is 3.72. The van der Waals surface area contributed by atoms with Crippen molar-refractivity contribution in [1.29, 1.82) is 0 Å². The molecule has 0 N–H and O–H groups in total. The van der Waals surface area contributed by atoms with Gasteiger partial charge in [0.1, 0.15) is 5.82 Å².